The molecule has 7 nitrogen and oxygen atoms in total. The summed E-state index contributed by atoms with van der Waals surface area (Å²) in [4.78, 5) is 4.16. The van der Waals surface area contributed by atoms with E-state index in [1.807, 2.05) is 6.07 Å². The lowest BCUT2D eigenvalue weighted by Crippen LogP contribution is -2.27. The third-order valence-corrected chi connectivity index (χ3v) is 2.83. The molecule has 0 saturated carbocycles. The zero-order valence-electron chi connectivity index (χ0n) is 9.29. The standard InChI is InChI=1S/C9H13N5O2S/c1-17(15,16)13-5-4-10-9-8-2-3-12-14(8)7-6-11-9/h2-3,6-7,13H,4-5H2,1H3,(H,10,11). The van der Waals surface area contributed by atoms with E-state index in [2.05, 4.69) is 20.1 Å². The maximum Gasteiger partial charge on any atom is 0.208 e. The Kier molecular flexibility index (Phi) is 3.25. The molecule has 8 heteroatoms. The number of anilines is 1. The third kappa shape index (κ3) is 3.14. The van der Waals surface area contributed by atoms with Crippen LogP contribution in [0.3, 0.4) is 0 Å². The second-order valence-corrected chi connectivity index (χ2v) is 5.36. The van der Waals surface area contributed by atoms with Crippen LogP contribution < -0.4 is 10.0 Å². The Morgan fingerprint density at radius 3 is 2.94 bits per heavy atom. The molecule has 0 atom stereocenters. The summed E-state index contributed by atoms with van der Waals surface area (Å²) in [6, 6.07) is 1.83. The smallest absolute Gasteiger partial charge is 0.208 e. The van der Waals surface area contributed by atoms with E-state index in [-0.39, 0.29) is 0 Å². The van der Waals surface area contributed by atoms with E-state index in [0.29, 0.717) is 18.9 Å². The molecule has 92 valence electrons. The fourth-order valence-corrected chi connectivity index (χ4v) is 1.88. The quantitative estimate of drug-likeness (QED) is 0.715. The van der Waals surface area contributed by atoms with Gasteiger partial charge in [-0.25, -0.2) is 22.6 Å². The summed E-state index contributed by atoms with van der Waals surface area (Å²) in [5.74, 6) is 0.681. The van der Waals surface area contributed by atoms with Gasteiger partial charge in [0.15, 0.2) is 5.82 Å². The van der Waals surface area contributed by atoms with Gasteiger partial charge in [0, 0.05) is 25.5 Å². The van der Waals surface area contributed by atoms with Crippen LogP contribution >= 0.6 is 0 Å². The fourth-order valence-electron chi connectivity index (χ4n) is 1.41. The molecular weight excluding hydrogens is 242 g/mol. The Bertz CT molecular complexity index is 607. The van der Waals surface area contributed by atoms with Crippen molar-refractivity contribution in [1.82, 2.24) is 19.3 Å². The van der Waals surface area contributed by atoms with Crippen molar-refractivity contribution in [2.24, 2.45) is 0 Å². The maximum atomic E-state index is 10.8. The predicted octanol–water partition coefficient (Wildman–Crippen LogP) is -0.310. The van der Waals surface area contributed by atoms with E-state index in [1.54, 1.807) is 23.1 Å². The largest absolute Gasteiger partial charge is 0.367 e. The summed E-state index contributed by atoms with van der Waals surface area (Å²) in [7, 11) is -3.14. The number of sulfonamides is 1. The van der Waals surface area contributed by atoms with Crippen LogP contribution in [-0.4, -0.2) is 42.4 Å². The minimum absolute atomic E-state index is 0.315. The van der Waals surface area contributed by atoms with Crippen LogP contribution in [0.15, 0.2) is 24.7 Å². The molecule has 0 radical (unpaired) electrons. The molecule has 2 rings (SSSR count). The van der Waals surface area contributed by atoms with Crippen LogP contribution in [0, 0.1) is 0 Å². The number of rotatable bonds is 5. The van der Waals surface area contributed by atoms with E-state index >= 15 is 0 Å². The van der Waals surface area contributed by atoms with Crippen LogP contribution in [0.1, 0.15) is 0 Å². The van der Waals surface area contributed by atoms with Crippen LogP contribution in [0.4, 0.5) is 5.82 Å². The lowest BCUT2D eigenvalue weighted by Gasteiger charge is -2.06. The highest BCUT2D eigenvalue weighted by molar-refractivity contribution is 7.88. The average Bonchev–Trinajstić information content (AvgIpc) is 2.71. The molecule has 0 spiro atoms. The van der Waals surface area contributed by atoms with Gasteiger partial charge in [0.2, 0.25) is 10.0 Å². The fraction of sp³-hybridized carbons (Fsp3) is 0.333. The summed E-state index contributed by atoms with van der Waals surface area (Å²) in [5.41, 5.74) is 0.854. The molecule has 0 aromatic carbocycles. The minimum Gasteiger partial charge on any atom is -0.367 e. The first-order chi connectivity index (χ1) is 8.06. The Labute approximate surface area is 98.9 Å². The molecule has 0 amide bonds. The zero-order valence-corrected chi connectivity index (χ0v) is 10.1. The third-order valence-electron chi connectivity index (χ3n) is 2.11. The highest BCUT2D eigenvalue weighted by atomic mass is 32.2. The Morgan fingerprint density at radius 2 is 2.18 bits per heavy atom. The number of hydrogen-bond donors (Lipinski definition) is 2. The van der Waals surface area contributed by atoms with Gasteiger partial charge in [0.1, 0.15) is 5.52 Å². The van der Waals surface area contributed by atoms with Gasteiger partial charge in [-0.1, -0.05) is 0 Å². The Morgan fingerprint density at radius 1 is 1.35 bits per heavy atom. The minimum atomic E-state index is -3.14. The van der Waals surface area contributed by atoms with E-state index in [1.165, 1.54) is 0 Å². The van der Waals surface area contributed by atoms with Crippen molar-refractivity contribution in [1.29, 1.82) is 0 Å². The van der Waals surface area contributed by atoms with Gasteiger partial charge in [-0.15, -0.1) is 0 Å². The number of nitrogens with zero attached hydrogens (tertiary/aromatic N) is 3. The first kappa shape index (κ1) is 11.8. The Balaban J connectivity index is 1.97. The molecule has 17 heavy (non-hydrogen) atoms. The highest BCUT2D eigenvalue weighted by Crippen LogP contribution is 2.11. The van der Waals surface area contributed by atoms with Gasteiger partial charge in [0.25, 0.3) is 0 Å². The second-order valence-electron chi connectivity index (χ2n) is 3.53. The molecule has 0 aliphatic carbocycles. The van der Waals surface area contributed by atoms with E-state index in [0.717, 1.165) is 11.8 Å². The van der Waals surface area contributed by atoms with E-state index in [4.69, 9.17) is 0 Å². The topological polar surface area (TPSA) is 88.4 Å². The first-order valence-electron chi connectivity index (χ1n) is 5.03. The predicted molar refractivity (Wildman–Crippen MR) is 64.3 cm³/mol. The van der Waals surface area contributed by atoms with E-state index < -0.39 is 10.0 Å². The lowest BCUT2D eigenvalue weighted by atomic mass is 10.4. The van der Waals surface area contributed by atoms with Gasteiger partial charge >= 0.3 is 0 Å². The molecule has 2 aromatic heterocycles. The van der Waals surface area contributed by atoms with Crippen molar-refractivity contribution >= 4 is 21.4 Å². The second kappa shape index (κ2) is 4.68. The molecule has 0 fully saturated rings. The van der Waals surface area contributed by atoms with Gasteiger partial charge in [-0.2, -0.15) is 5.10 Å². The molecule has 0 aliphatic rings. The van der Waals surface area contributed by atoms with Crippen molar-refractivity contribution in [2.75, 3.05) is 24.7 Å². The summed E-state index contributed by atoms with van der Waals surface area (Å²) in [6.45, 7) is 0.778. The van der Waals surface area contributed by atoms with Gasteiger partial charge in [-0.05, 0) is 6.07 Å². The average molecular weight is 255 g/mol. The van der Waals surface area contributed by atoms with Crippen molar-refractivity contribution in [3.63, 3.8) is 0 Å². The molecular formula is C9H13N5O2S. The van der Waals surface area contributed by atoms with Crippen LogP contribution in [0.2, 0.25) is 0 Å². The molecule has 0 aliphatic heterocycles. The van der Waals surface area contributed by atoms with Crippen LogP contribution in [0.25, 0.3) is 5.52 Å². The van der Waals surface area contributed by atoms with E-state index in [9.17, 15) is 8.42 Å². The van der Waals surface area contributed by atoms with Crippen LogP contribution in [0.5, 0.6) is 0 Å². The maximum absolute atomic E-state index is 10.8. The van der Waals surface area contributed by atoms with Crippen molar-refractivity contribution in [3.05, 3.63) is 24.7 Å². The van der Waals surface area contributed by atoms with Gasteiger partial charge in [-0.3, -0.25) is 0 Å². The normalized spacial score (nSPS) is 11.8. The highest BCUT2D eigenvalue weighted by Gasteiger charge is 2.03. The molecule has 2 N–H and O–H groups in total. The molecule has 0 bridgehead atoms. The summed E-state index contributed by atoms with van der Waals surface area (Å²) >= 11 is 0. The number of nitrogens with one attached hydrogen (secondary N) is 2. The number of fused-ring (bicyclic) bond motifs is 1. The van der Waals surface area contributed by atoms with Gasteiger partial charge < -0.3 is 5.32 Å². The summed E-state index contributed by atoms with van der Waals surface area (Å²) in [5, 5.41) is 7.12. The van der Waals surface area contributed by atoms with Crippen molar-refractivity contribution in [3.8, 4) is 0 Å². The Hall–Kier alpha value is -1.67. The summed E-state index contributed by atoms with van der Waals surface area (Å²) < 4.78 is 25.8. The number of aromatic nitrogens is 3. The molecule has 2 aromatic rings. The summed E-state index contributed by atoms with van der Waals surface area (Å²) in [6.07, 6.45) is 6.18. The first-order valence-corrected chi connectivity index (χ1v) is 6.92. The SMILES string of the molecule is CS(=O)(=O)NCCNc1nccn2nccc12. The van der Waals surface area contributed by atoms with Gasteiger partial charge in [0.05, 0.1) is 12.5 Å². The molecule has 0 saturated heterocycles. The number of hydrogen-bond acceptors (Lipinski definition) is 5. The zero-order chi connectivity index (χ0) is 12.3. The van der Waals surface area contributed by atoms with Crippen LogP contribution in [-0.2, 0) is 10.0 Å². The lowest BCUT2D eigenvalue weighted by molar-refractivity contribution is 0.589. The molecule has 0 unspecified atom stereocenters. The molecule has 2 heterocycles. The van der Waals surface area contributed by atoms with Crippen molar-refractivity contribution < 1.29 is 8.42 Å². The monoisotopic (exact) mass is 255 g/mol. The van der Waals surface area contributed by atoms with Crippen molar-refractivity contribution in [2.45, 2.75) is 0 Å².